The van der Waals surface area contributed by atoms with Gasteiger partial charge in [-0.2, -0.15) is 4.31 Å². The highest BCUT2D eigenvalue weighted by Gasteiger charge is 2.33. The number of morpholine rings is 1. The van der Waals surface area contributed by atoms with Crippen molar-refractivity contribution >= 4 is 10.0 Å². The van der Waals surface area contributed by atoms with Crippen molar-refractivity contribution in [3.63, 3.8) is 0 Å². The Hall–Kier alpha value is -0.210. The zero-order chi connectivity index (χ0) is 12.2. The lowest BCUT2D eigenvalue weighted by atomic mass is 10.2. The van der Waals surface area contributed by atoms with E-state index in [9.17, 15) is 8.42 Å². The van der Waals surface area contributed by atoms with Crippen molar-refractivity contribution in [2.75, 3.05) is 39.2 Å². The summed E-state index contributed by atoms with van der Waals surface area (Å²) in [5.74, 6) is -0.0357. The van der Waals surface area contributed by atoms with Gasteiger partial charge in [0.15, 0.2) is 0 Å². The summed E-state index contributed by atoms with van der Waals surface area (Å²) in [5, 5.41) is 8.97. The molecule has 0 radical (unpaired) electrons. The zero-order valence-corrected chi connectivity index (χ0v) is 10.4. The van der Waals surface area contributed by atoms with Crippen molar-refractivity contribution in [2.45, 2.75) is 19.1 Å². The number of aliphatic hydroxyl groups is 1. The van der Waals surface area contributed by atoms with Gasteiger partial charge in [0.05, 0.1) is 31.7 Å². The molecule has 16 heavy (non-hydrogen) atoms. The molecule has 0 aromatic carbocycles. The fraction of sp³-hybridized carbons (Fsp3) is 1.00. The Morgan fingerprint density at radius 1 is 1.56 bits per heavy atom. The minimum absolute atomic E-state index is 0.0357. The largest absolute Gasteiger partial charge is 0.394 e. The molecule has 2 unspecified atom stereocenters. The standard InChI is InChI=1S/C9H19NO5S/c1-8-7-15-9(6-11)5-10(8)16(12,13)4-3-14-2/h8-9,11H,3-7H2,1-2H3. The Bertz CT molecular complexity index is 305. The summed E-state index contributed by atoms with van der Waals surface area (Å²) in [5.41, 5.74) is 0. The van der Waals surface area contributed by atoms with E-state index in [1.165, 1.54) is 11.4 Å². The molecule has 1 aliphatic rings. The molecule has 0 aliphatic carbocycles. The van der Waals surface area contributed by atoms with Gasteiger partial charge in [-0.15, -0.1) is 0 Å². The van der Waals surface area contributed by atoms with Gasteiger partial charge >= 0.3 is 0 Å². The monoisotopic (exact) mass is 253 g/mol. The molecule has 1 heterocycles. The van der Waals surface area contributed by atoms with E-state index in [1.54, 1.807) is 6.92 Å². The summed E-state index contributed by atoms with van der Waals surface area (Å²) in [6.07, 6.45) is -0.423. The topological polar surface area (TPSA) is 76.1 Å². The van der Waals surface area contributed by atoms with Gasteiger partial charge in [0.2, 0.25) is 10.0 Å². The van der Waals surface area contributed by atoms with Gasteiger partial charge in [0.25, 0.3) is 0 Å². The number of ether oxygens (including phenoxy) is 2. The van der Waals surface area contributed by atoms with E-state index in [-0.39, 0.29) is 31.6 Å². The van der Waals surface area contributed by atoms with Crippen LogP contribution in [-0.4, -0.2) is 69.2 Å². The van der Waals surface area contributed by atoms with E-state index in [2.05, 4.69) is 0 Å². The average molecular weight is 253 g/mol. The van der Waals surface area contributed by atoms with Gasteiger partial charge in [0, 0.05) is 19.7 Å². The number of sulfonamides is 1. The van der Waals surface area contributed by atoms with Crippen LogP contribution in [0.4, 0.5) is 0 Å². The van der Waals surface area contributed by atoms with Crippen LogP contribution in [0.1, 0.15) is 6.92 Å². The maximum atomic E-state index is 11.9. The normalized spacial score (nSPS) is 28.2. The second-order valence-electron chi connectivity index (χ2n) is 3.87. The van der Waals surface area contributed by atoms with Gasteiger partial charge in [-0.1, -0.05) is 0 Å². The first-order chi connectivity index (χ1) is 7.51. The fourth-order valence-electron chi connectivity index (χ4n) is 1.60. The highest BCUT2D eigenvalue weighted by Crippen LogP contribution is 2.16. The van der Waals surface area contributed by atoms with Crippen molar-refractivity contribution in [2.24, 2.45) is 0 Å². The lowest BCUT2D eigenvalue weighted by Crippen LogP contribution is -2.52. The van der Waals surface area contributed by atoms with Crippen molar-refractivity contribution in [3.05, 3.63) is 0 Å². The van der Waals surface area contributed by atoms with Gasteiger partial charge in [-0.05, 0) is 6.92 Å². The maximum Gasteiger partial charge on any atom is 0.216 e. The molecule has 1 rings (SSSR count). The summed E-state index contributed by atoms with van der Waals surface area (Å²) in [7, 11) is -1.85. The number of hydrogen-bond acceptors (Lipinski definition) is 5. The summed E-state index contributed by atoms with van der Waals surface area (Å²) in [4.78, 5) is 0. The van der Waals surface area contributed by atoms with Crippen molar-refractivity contribution in [1.29, 1.82) is 0 Å². The van der Waals surface area contributed by atoms with Crippen LogP contribution in [0.3, 0.4) is 0 Å². The number of nitrogens with zero attached hydrogens (tertiary/aromatic N) is 1. The summed E-state index contributed by atoms with van der Waals surface area (Å²) >= 11 is 0. The molecule has 1 fully saturated rings. The molecule has 0 aromatic heterocycles. The van der Waals surface area contributed by atoms with Gasteiger partial charge in [-0.3, -0.25) is 0 Å². The third-order valence-corrected chi connectivity index (χ3v) is 4.46. The van der Waals surface area contributed by atoms with Crippen LogP contribution in [0.25, 0.3) is 0 Å². The van der Waals surface area contributed by atoms with E-state index in [0.29, 0.717) is 6.61 Å². The van der Waals surface area contributed by atoms with Crippen LogP contribution in [-0.2, 0) is 19.5 Å². The SMILES string of the molecule is COCCS(=O)(=O)N1CC(CO)OCC1C. The molecule has 0 bridgehead atoms. The third-order valence-electron chi connectivity index (χ3n) is 2.55. The quantitative estimate of drug-likeness (QED) is 0.683. The van der Waals surface area contributed by atoms with Crippen LogP contribution < -0.4 is 0 Å². The maximum absolute atomic E-state index is 11.9. The van der Waals surface area contributed by atoms with Crippen molar-refractivity contribution < 1.29 is 23.0 Å². The molecule has 1 aliphatic heterocycles. The summed E-state index contributed by atoms with van der Waals surface area (Å²) < 4.78 is 35.3. The molecule has 1 saturated heterocycles. The zero-order valence-electron chi connectivity index (χ0n) is 9.63. The Morgan fingerprint density at radius 3 is 2.81 bits per heavy atom. The highest BCUT2D eigenvalue weighted by atomic mass is 32.2. The second kappa shape index (κ2) is 5.92. The number of rotatable bonds is 5. The van der Waals surface area contributed by atoms with E-state index < -0.39 is 16.1 Å². The first kappa shape index (κ1) is 13.9. The number of aliphatic hydroxyl groups excluding tert-OH is 1. The molecule has 0 amide bonds. The molecule has 7 heteroatoms. The Kier molecular flexibility index (Phi) is 5.13. The van der Waals surface area contributed by atoms with E-state index >= 15 is 0 Å². The predicted octanol–water partition coefficient (Wildman–Crippen LogP) is -0.956. The molecule has 6 nitrogen and oxygen atoms in total. The molecule has 2 atom stereocenters. The summed E-state index contributed by atoms with van der Waals surface area (Å²) in [6, 6.07) is -0.190. The van der Waals surface area contributed by atoms with Crippen LogP contribution in [0.2, 0.25) is 0 Å². The Labute approximate surface area is 96.2 Å². The number of methoxy groups -OCH3 is 1. The first-order valence-corrected chi connectivity index (χ1v) is 6.83. The molecule has 96 valence electrons. The van der Waals surface area contributed by atoms with Crippen LogP contribution in [0, 0.1) is 0 Å². The van der Waals surface area contributed by atoms with E-state index in [4.69, 9.17) is 14.6 Å². The second-order valence-corrected chi connectivity index (χ2v) is 5.91. The average Bonchev–Trinajstić information content (AvgIpc) is 2.27. The Morgan fingerprint density at radius 2 is 2.25 bits per heavy atom. The molecular weight excluding hydrogens is 234 g/mol. The van der Waals surface area contributed by atoms with Crippen LogP contribution in [0.5, 0.6) is 0 Å². The molecule has 1 N–H and O–H groups in total. The number of hydrogen-bond donors (Lipinski definition) is 1. The van der Waals surface area contributed by atoms with E-state index in [0.717, 1.165) is 0 Å². The smallest absolute Gasteiger partial charge is 0.216 e. The third kappa shape index (κ3) is 3.39. The van der Waals surface area contributed by atoms with Crippen molar-refractivity contribution in [3.8, 4) is 0 Å². The minimum Gasteiger partial charge on any atom is -0.394 e. The van der Waals surface area contributed by atoms with Crippen LogP contribution >= 0.6 is 0 Å². The summed E-state index contributed by atoms with van der Waals surface area (Å²) in [6.45, 7) is 2.33. The van der Waals surface area contributed by atoms with Gasteiger partial charge in [-0.25, -0.2) is 8.42 Å². The predicted molar refractivity (Wildman–Crippen MR) is 58.7 cm³/mol. The highest BCUT2D eigenvalue weighted by molar-refractivity contribution is 7.89. The van der Waals surface area contributed by atoms with Gasteiger partial charge < -0.3 is 14.6 Å². The lowest BCUT2D eigenvalue weighted by molar-refractivity contribution is -0.0517. The first-order valence-electron chi connectivity index (χ1n) is 5.22. The minimum atomic E-state index is -3.32. The van der Waals surface area contributed by atoms with Crippen LogP contribution in [0.15, 0.2) is 0 Å². The Balaban J connectivity index is 2.68. The molecular formula is C9H19NO5S. The fourth-order valence-corrected chi connectivity index (χ4v) is 3.21. The molecule has 0 saturated carbocycles. The van der Waals surface area contributed by atoms with Gasteiger partial charge in [0.1, 0.15) is 0 Å². The molecule has 0 aromatic rings. The van der Waals surface area contributed by atoms with Crippen molar-refractivity contribution in [1.82, 2.24) is 4.31 Å². The molecule has 0 spiro atoms. The lowest BCUT2D eigenvalue weighted by Gasteiger charge is -2.36. The van der Waals surface area contributed by atoms with E-state index in [1.807, 2.05) is 0 Å².